The van der Waals surface area contributed by atoms with E-state index in [0.717, 1.165) is 44.7 Å². The Morgan fingerprint density at radius 2 is 2.25 bits per heavy atom. The van der Waals surface area contributed by atoms with Crippen LogP contribution in [0.25, 0.3) is 0 Å². The van der Waals surface area contributed by atoms with E-state index in [4.69, 9.17) is 4.74 Å². The number of hydrogen-bond acceptors (Lipinski definition) is 3. The molecule has 1 atom stereocenters. The third-order valence-corrected chi connectivity index (χ3v) is 3.13. The molecule has 1 rings (SSSR count). The molecular weight excluding hydrogens is 200 g/mol. The Hall–Kier alpha value is -0.120. The fourth-order valence-corrected chi connectivity index (χ4v) is 2.18. The summed E-state index contributed by atoms with van der Waals surface area (Å²) in [7, 11) is 0. The molecule has 1 fully saturated rings. The number of nitrogens with zero attached hydrogens (tertiary/aromatic N) is 1. The molecule has 1 N–H and O–H groups in total. The lowest BCUT2D eigenvalue weighted by Crippen LogP contribution is -2.36. The molecule has 0 aromatic heterocycles. The van der Waals surface area contributed by atoms with Gasteiger partial charge in [-0.15, -0.1) is 0 Å². The lowest BCUT2D eigenvalue weighted by atomic mass is 10.1. The summed E-state index contributed by atoms with van der Waals surface area (Å²) in [6.45, 7) is 14.5. The van der Waals surface area contributed by atoms with Gasteiger partial charge in [0, 0.05) is 32.8 Å². The van der Waals surface area contributed by atoms with Gasteiger partial charge >= 0.3 is 0 Å². The first-order valence-electron chi connectivity index (χ1n) is 6.73. The first-order valence-corrected chi connectivity index (χ1v) is 6.73. The van der Waals surface area contributed by atoms with E-state index in [1.165, 1.54) is 19.5 Å². The number of likely N-dealkylation sites (N-methyl/N-ethyl adjacent to an activating group) is 1. The normalized spacial score (nSPS) is 21.2. The van der Waals surface area contributed by atoms with Gasteiger partial charge in [-0.2, -0.15) is 0 Å². The molecule has 1 heterocycles. The molecule has 3 heteroatoms. The molecule has 0 aromatic carbocycles. The Bertz CT molecular complexity index is 167. The van der Waals surface area contributed by atoms with Crippen LogP contribution in [0.5, 0.6) is 0 Å². The standard InChI is InChI=1S/C13H28N2O/c1-4-15(10-12(2)3)7-6-14-9-13-5-8-16-11-13/h12-14H,4-11H2,1-3H3. The Morgan fingerprint density at radius 1 is 1.44 bits per heavy atom. The molecule has 0 saturated carbocycles. The summed E-state index contributed by atoms with van der Waals surface area (Å²) < 4.78 is 5.36. The van der Waals surface area contributed by atoms with Crippen LogP contribution in [-0.4, -0.2) is 50.8 Å². The number of hydrogen-bond donors (Lipinski definition) is 1. The van der Waals surface area contributed by atoms with Crippen LogP contribution in [0.2, 0.25) is 0 Å². The minimum Gasteiger partial charge on any atom is -0.381 e. The number of ether oxygens (including phenoxy) is 1. The Labute approximate surface area is 101 Å². The molecule has 1 aliphatic rings. The summed E-state index contributed by atoms with van der Waals surface area (Å²) in [5.41, 5.74) is 0. The zero-order valence-electron chi connectivity index (χ0n) is 11.2. The minimum absolute atomic E-state index is 0.750. The fraction of sp³-hybridized carbons (Fsp3) is 1.00. The van der Waals surface area contributed by atoms with Crippen LogP contribution >= 0.6 is 0 Å². The Morgan fingerprint density at radius 3 is 2.81 bits per heavy atom. The van der Waals surface area contributed by atoms with Crippen LogP contribution in [0, 0.1) is 11.8 Å². The second-order valence-corrected chi connectivity index (χ2v) is 5.22. The smallest absolute Gasteiger partial charge is 0.0507 e. The lowest BCUT2D eigenvalue weighted by Gasteiger charge is -2.22. The minimum atomic E-state index is 0.750. The van der Waals surface area contributed by atoms with Gasteiger partial charge in [-0.05, 0) is 24.8 Å². The van der Waals surface area contributed by atoms with Gasteiger partial charge in [0.15, 0.2) is 0 Å². The largest absolute Gasteiger partial charge is 0.381 e. The van der Waals surface area contributed by atoms with Crippen molar-refractivity contribution in [2.75, 3.05) is 45.9 Å². The highest BCUT2D eigenvalue weighted by atomic mass is 16.5. The molecule has 1 aliphatic heterocycles. The predicted molar refractivity (Wildman–Crippen MR) is 68.7 cm³/mol. The van der Waals surface area contributed by atoms with Gasteiger partial charge in [0.1, 0.15) is 0 Å². The maximum absolute atomic E-state index is 5.36. The summed E-state index contributed by atoms with van der Waals surface area (Å²) in [6.07, 6.45) is 1.23. The highest BCUT2D eigenvalue weighted by Crippen LogP contribution is 2.10. The van der Waals surface area contributed by atoms with Crippen molar-refractivity contribution < 1.29 is 4.74 Å². The van der Waals surface area contributed by atoms with Gasteiger partial charge in [-0.3, -0.25) is 0 Å². The molecule has 0 aromatic rings. The van der Waals surface area contributed by atoms with Gasteiger partial charge in [-0.25, -0.2) is 0 Å². The highest BCUT2D eigenvalue weighted by molar-refractivity contribution is 4.67. The van der Waals surface area contributed by atoms with Crippen LogP contribution in [0.3, 0.4) is 0 Å². The van der Waals surface area contributed by atoms with Crippen LogP contribution < -0.4 is 5.32 Å². The molecule has 0 amide bonds. The van der Waals surface area contributed by atoms with Gasteiger partial charge < -0.3 is 15.0 Å². The van der Waals surface area contributed by atoms with Crippen LogP contribution in [0.15, 0.2) is 0 Å². The molecule has 0 radical (unpaired) electrons. The molecule has 16 heavy (non-hydrogen) atoms. The Kier molecular flexibility index (Phi) is 7.01. The first-order chi connectivity index (χ1) is 7.72. The van der Waals surface area contributed by atoms with Crippen molar-refractivity contribution in [3.05, 3.63) is 0 Å². The molecule has 0 bridgehead atoms. The number of nitrogens with one attached hydrogen (secondary N) is 1. The van der Waals surface area contributed by atoms with E-state index in [0.29, 0.717) is 0 Å². The van der Waals surface area contributed by atoms with Crippen LogP contribution in [0.4, 0.5) is 0 Å². The highest BCUT2D eigenvalue weighted by Gasteiger charge is 2.14. The maximum atomic E-state index is 5.36. The Balaban J connectivity index is 1.99. The van der Waals surface area contributed by atoms with Crippen LogP contribution in [0.1, 0.15) is 27.2 Å². The third kappa shape index (κ3) is 5.83. The summed E-state index contributed by atoms with van der Waals surface area (Å²) in [5, 5.41) is 3.54. The molecule has 1 unspecified atom stereocenters. The second kappa shape index (κ2) is 8.04. The van der Waals surface area contributed by atoms with Crippen LogP contribution in [-0.2, 0) is 4.74 Å². The van der Waals surface area contributed by atoms with Crippen molar-refractivity contribution in [2.24, 2.45) is 11.8 Å². The van der Waals surface area contributed by atoms with Crippen molar-refractivity contribution in [1.29, 1.82) is 0 Å². The van der Waals surface area contributed by atoms with Crippen molar-refractivity contribution in [2.45, 2.75) is 27.2 Å². The molecular formula is C13H28N2O. The van der Waals surface area contributed by atoms with E-state index in [-0.39, 0.29) is 0 Å². The summed E-state index contributed by atoms with van der Waals surface area (Å²) >= 11 is 0. The van der Waals surface area contributed by atoms with E-state index in [9.17, 15) is 0 Å². The quantitative estimate of drug-likeness (QED) is 0.639. The third-order valence-electron chi connectivity index (χ3n) is 3.13. The summed E-state index contributed by atoms with van der Waals surface area (Å²) in [6, 6.07) is 0. The average molecular weight is 228 g/mol. The van der Waals surface area contributed by atoms with E-state index in [1.54, 1.807) is 0 Å². The maximum Gasteiger partial charge on any atom is 0.0507 e. The number of rotatable bonds is 8. The molecule has 3 nitrogen and oxygen atoms in total. The predicted octanol–water partition coefficient (Wildman–Crippen LogP) is 1.59. The fourth-order valence-electron chi connectivity index (χ4n) is 2.18. The van der Waals surface area contributed by atoms with Gasteiger partial charge in [0.05, 0.1) is 6.61 Å². The van der Waals surface area contributed by atoms with E-state index in [1.807, 2.05) is 0 Å². The summed E-state index contributed by atoms with van der Waals surface area (Å²) in [4.78, 5) is 2.52. The van der Waals surface area contributed by atoms with Gasteiger partial charge in [0.2, 0.25) is 0 Å². The molecule has 0 aliphatic carbocycles. The topological polar surface area (TPSA) is 24.5 Å². The van der Waals surface area contributed by atoms with Gasteiger partial charge in [-0.1, -0.05) is 20.8 Å². The molecule has 96 valence electrons. The van der Waals surface area contributed by atoms with Gasteiger partial charge in [0.25, 0.3) is 0 Å². The molecule has 0 spiro atoms. The second-order valence-electron chi connectivity index (χ2n) is 5.22. The SMILES string of the molecule is CCN(CCNCC1CCOC1)CC(C)C. The van der Waals surface area contributed by atoms with Crippen molar-refractivity contribution in [3.63, 3.8) is 0 Å². The average Bonchev–Trinajstić information content (AvgIpc) is 2.74. The van der Waals surface area contributed by atoms with E-state index < -0.39 is 0 Å². The van der Waals surface area contributed by atoms with E-state index in [2.05, 4.69) is 31.0 Å². The first kappa shape index (κ1) is 13.9. The zero-order chi connectivity index (χ0) is 11.8. The van der Waals surface area contributed by atoms with E-state index >= 15 is 0 Å². The zero-order valence-corrected chi connectivity index (χ0v) is 11.2. The molecule has 1 saturated heterocycles. The van der Waals surface area contributed by atoms with Crippen molar-refractivity contribution in [1.82, 2.24) is 10.2 Å². The summed E-state index contributed by atoms with van der Waals surface area (Å²) in [5.74, 6) is 1.52. The van der Waals surface area contributed by atoms with Crippen molar-refractivity contribution >= 4 is 0 Å². The van der Waals surface area contributed by atoms with Crippen molar-refractivity contribution in [3.8, 4) is 0 Å². The monoisotopic (exact) mass is 228 g/mol. The lowest BCUT2D eigenvalue weighted by molar-refractivity contribution is 0.184.